The molecule has 3 atom stereocenters. The van der Waals surface area contributed by atoms with Gasteiger partial charge in [0.25, 0.3) is 5.78 Å². The summed E-state index contributed by atoms with van der Waals surface area (Å²) in [7, 11) is 0. The first-order valence-electron chi connectivity index (χ1n) is 5.12. The summed E-state index contributed by atoms with van der Waals surface area (Å²) in [6, 6.07) is 0. The fourth-order valence-electron chi connectivity index (χ4n) is 2.81. The van der Waals surface area contributed by atoms with Crippen LogP contribution in [0.15, 0.2) is 12.2 Å². The van der Waals surface area contributed by atoms with Crippen LogP contribution in [0.2, 0.25) is 0 Å². The van der Waals surface area contributed by atoms with Crippen LogP contribution >= 0.6 is 0 Å². The lowest BCUT2D eigenvalue weighted by Crippen LogP contribution is -2.11. The first kappa shape index (κ1) is 9.44. The molecule has 2 saturated carbocycles. The second-order valence-corrected chi connectivity index (χ2v) is 4.37. The molecule has 0 aliphatic heterocycles. The van der Waals surface area contributed by atoms with Crippen LogP contribution in [0.1, 0.15) is 25.7 Å². The van der Waals surface area contributed by atoms with Gasteiger partial charge in [-0.25, -0.2) is 4.79 Å². The van der Waals surface area contributed by atoms with Crippen molar-refractivity contribution in [1.29, 1.82) is 0 Å². The van der Waals surface area contributed by atoms with Crippen molar-refractivity contribution >= 4 is 11.8 Å². The van der Waals surface area contributed by atoms with Crippen LogP contribution in [0, 0.1) is 17.8 Å². The number of hydrogen-bond donors (Lipinski definition) is 1. The molecule has 0 aromatic carbocycles. The van der Waals surface area contributed by atoms with Gasteiger partial charge in [0.05, 0.1) is 0 Å². The minimum absolute atomic E-state index is 0.456. The molecule has 0 heterocycles. The summed E-state index contributed by atoms with van der Waals surface area (Å²) in [5.41, 5.74) is 0. The van der Waals surface area contributed by atoms with Crippen LogP contribution in [0.3, 0.4) is 0 Å². The van der Waals surface area contributed by atoms with Crippen molar-refractivity contribution in [2.24, 2.45) is 17.8 Å². The Balaban J connectivity index is 1.92. The third-order valence-corrected chi connectivity index (χ3v) is 3.50. The summed E-state index contributed by atoms with van der Waals surface area (Å²) in [5.74, 6) is -0.165. The van der Waals surface area contributed by atoms with Gasteiger partial charge in [-0.3, -0.25) is 4.79 Å². The third-order valence-electron chi connectivity index (χ3n) is 3.50. The summed E-state index contributed by atoms with van der Waals surface area (Å²) < 4.78 is 0. The second-order valence-electron chi connectivity index (χ2n) is 4.37. The lowest BCUT2D eigenvalue weighted by molar-refractivity contribution is -0.146. The zero-order chi connectivity index (χ0) is 10.1. The van der Waals surface area contributed by atoms with Gasteiger partial charge in [0.15, 0.2) is 0 Å². The quantitative estimate of drug-likeness (QED) is 0.548. The number of rotatable bonds is 3. The number of carboxylic acids is 1. The lowest BCUT2D eigenvalue weighted by atomic mass is 9.88. The maximum Gasteiger partial charge on any atom is 0.376 e. The molecular formula is C11H14O3. The van der Waals surface area contributed by atoms with E-state index in [1.807, 2.05) is 0 Å². The van der Waals surface area contributed by atoms with E-state index < -0.39 is 11.8 Å². The Morgan fingerprint density at radius 2 is 2.00 bits per heavy atom. The third kappa shape index (κ3) is 1.72. The fourth-order valence-corrected chi connectivity index (χ4v) is 2.81. The summed E-state index contributed by atoms with van der Waals surface area (Å²) in [5, 5.41) is 8.39. The molecule has 1 N–H and O–H groups in total. The molecule has 0 saturated heterocycles. The minimum Gasteiger partial charge on any atom is -0.475 e. The molecule has 0 spiro atoms. The van der Waals surface area contributed by atoms with Gasteiger partial charge in [0.1, 0.15) is 0 Å². The van der Waals surface area contributed by atoms with E-state index in [0.717, 1.165) is 12.3 Å². The van der Waals surface area contributed by atoms with Gasteiger partial charge >= 0.3 is 5.97 Å². The molecule has 3 unspecified atom stereocenters. The Kier molecular flexibility index (Phi) is 2.40. The number of carbonyl (C=O) groups excluding carboxylic acids is 1. The van der Waals surface area contributed by atoms with Crippen LogP contribution in [0.5, 0.6) is 0 Å². The Morgan fingerprint density at radius 1 is 1.21 bits per heavy atom. The largest absolute Gasteiger partial charge is 0.475 e. The first-order chi connectivity index (χ1) is 6.66. The fraction of sp³-hybridized carbons (Fsp3) is 0.636. The van der Waals surface area contributed by atoms with E-state index in [2.05, 4.69) is 0 Å². The molecule has 0 aromatic heterocycles. The molecule has 3 nitrogen and oxygen atoms in total. The van der Waals surface area contributed by atoms with E-state index in [1.165, 1.54) is 25.3 Å². The monoisotopic (exact) mass is 194 g/mol. The highest BCUT2D eigenvalue weighted by molar-refractivity contribution is 6.37. The lowest BCUT2D eigenvalue weighted by Gasteiger charge is -2.17. The predicted molar refractivity (Wildman–Crippen MR) is 50.7 cm³/mol. The van der Waals surface area contributed by atoms with E-state index in [9.17, 15) is 9.59 Å². The van der Waals surface area contributed by atoms with E-state index >= 15 is 0 Å². The molecule has 2 rings (SSSR count). The summed E-state index contributed by atoms with van der Waals surface area (Å²) >= 11 is 0. The molecule has 0 radical (unpaired) electrons. The van der Waals surface area contributed by atoms with Crippen LogP contribution in [-0.2, 0) is 9.59 Å². The topological polar surface area (TPSA) is 54.4 Å². The number of hydrogen-bond acceptors (Lipinski definition) is 2. The highest BCUT2D eigenvalue weighted by Gasteiger charge is 2.38. The van der Waals surface area contributed by atoms with Crippen LogP contribution in [0.4, 0.5) is 0 Å². The number of carbonyl (C=O) groups is 2. The second kappa shape index (κ2) is 3.56. The predicted octanol–water partition coefficient (Wildman–Crippen LogP) is 1.63. The average Bonchev–Trinajstić information content (AvgIpc) is 2.74. The molecule has 2 fully saturated rings. The van der Waals surface area contributed by atoms with Crippen LogP contribution < -0.4 is 0 Å². The maximum absolute atomic E-state index is 10.8. The number of allylic oxidation sites excluding steroid dienone is 1. The Morgan fingerprint density at radius 3 is 2.50 bits per heavy atom. The van der Waals surface area contributed by atoms with Crippen molar-refractivity contribution in [2.45, 2.75) is 25.7 Å². The van der Waals surface area contributed by atoms with Gasteiger partial charge in [-0.05, 0) is 43.1 Å². The standard InChI is InChI=1S/C11H14O3/c12-10(11(13)14)4-3-9-6-7-1-2-8(9)5-7/h3-4,7-9H,1-2,5-6H2,(H,13,14)/b4-3+. The summed E-state index contributed by atoms with van der Waals surface area (Å²) in [6.45, 7) is 0. The molecule has 0 amide bonds. The molecular weight excluding hydrogens is 180 g/mol. The summed E-state index contributed by atoms with van der Waals surface area (Å²) in [6.07, 6.45) is 8.03. The molecule has 14 heavy (non-hydrogen) atoms. The van der Waals surface area contributed by atoms with Gasteiger partial charge in [-0.1, -0.05) is 12.5 Å². The van der Waals surface area contributed by atoms with Crippen molar-refractivity contribution in [3.63, 3.8) is 0 Å². The highest BCUT2D eigenvalue weighted by atomic mass is 16.4. The number of aliphatic carboxylic acids is 1. The van der Waals surface area contributed by atoms with E-state index in [0.29, 0.717) is 11.8 Å². The van der Waals surface area contributed by atoms with Gasteiger partial charge in [-0.2, -0.15) is 0 Å². The van der Waals surface area contributed by atoms with Gasteiger partial charge < -0.3 is 5.11 Å². The molecule has 2 aliphatic carbocycles. The highest BCUT2D eigenvalue weighted by Crippen LogP contribution is 2.48. The number of ketones is 1. The number of fused-ring (bicyclic) bond motifs is 2. The molecule has 3 heteroatoms. The SMILES string of the molecule is O=C(O)C(=O)/C=C/C1CC2CCC1C2. The summed E-state index contributed by atoms with van der Waals surface area (Å²) in [4.78, 5) is 21.1. The van der Waals surface area contributed by atoms with E-state index in [1.54, 1.807) is 6.08 Å². The van der Waals surface area contributed by atoms with Crippen LogP contribution in [-0.4, -0.2) is 16.9 Å². The Hall–Kier alpha value is -1.12. The van der Waals surface area contributed by atoms with E-state index in [-0.39, 0.29) is 0 Å². The van der Waals surface area contributed by atoms with Crippen molar-refractivity contribution < 1.29 is 14.7 Å². The van der Waals surface area contributed by atoms with Crippen molar-refractivity contribution in [3.8, 4) is 0 Å². The smallest absolute Gasteiger partial charge is 0.376 e. The first-order valence-corrected chi connectivity index (χ1v) is 5.12. The van der Waals surface area contributed by atoms with Crippen molar-refractivity contribution in [1.82, 2.24) is 0 Å². The van der Waals surface area contributed by atoms with Gasteiger partial charge in [-0.15, -0.1) is 0 Å². The van der Waals surface area contributed by atoms with E-state index in [4.69, 9.17) is 5.11 Å². The molecule has 2 bridgehead atoms. The zero-order valence-electron chi connectivity index (χ0n) is 7.98. The van der Waals surface area contributed by atoms with Crippen molar-refractivity contribution in [3.05, 3.63) is 12.2 Å². The molecule has 0 aromatic rings. The van der Waals surface area contributed by atoms with Gasteiger partial charge in [0.2, 0.25) is 0 Å². The normalized spacial score (nSPS) is 35.3. The zero-order valence-corrected chi connectivity index (χ0v) is 7.98. The van der Waals surface area contributed by atoms with Crippen molar-refractivity contribution in [2.75, 3.05) is 0 Å². The van der Waals surface area contributed by atoms with Gasteiger partial charge in [0, 0.05) is 0 Å². The Labute approximate surface area is 82.8 Å². The molecule has 2 aliphatic rings. The Bertz CT molecular complexity index is 293. The minimum atomic E-state index is -1.36. The number of carboxylic acid groups (broad SMARTS) is 1. The van der Waals surface area contributed by atoms with Crippen LogP contribution in [0.25, 0.3) is 0 Å². The molecule has 76 valence electrons. The average molecular weight is 194 g/mol. The maximum atomic E-state index is 10.8.